The van der Waals surface area contributed by atoms with Crippen LogP contribution >= 0.6 is 0 Å². The molecule has 0 radical (unpaired) electrons. The van der Waals surface area contributed by atoms with E-state index in [0.29, 0.717) is 0 Å². The predicted octanol–water partition coefficient (Wildman–Crippen LogP) is 2.29. The molecule has 2 bridgehead atoms. The van der Waals surface area contributed by atoms with E-state index in [1.54, 1.807) is 0 Å². The lowest BCUT2D eigenvalue weighted by Gasteiger charge is -2.43. The number of hydrogen-bond donors (Lipinski definition) is 0. The summed E-state index contributed by atoms with van der Waals surface area (Å²) >= 11 is 0. The van der Waals surface area contributed by atoms with Gasteiger partial charge in [0, 0.05) is 6.26 Å². The molecule has 5 nitrogen and oxygen atoms in total. The summed E-state index contributed by atoms with van der Waals surface area (Å²) in [6.45, 7) is 0. The van der Waals surface area contributed by atoms with Crippen LogP contribution < -0.4 is 0 Å². The minimum absolute atomic E-state index is 0.0650. The van der Waals surface area contributed by atoms with E-state index < -0.39 is 67.3 Å². The van der Waals surface area contributed by atoms with E-state index in [-0.39, 0.29) is 19.1 Å². The van der Waals surface area contributed by atoms with Gasteiger partial charge in [-0.05, 0) is 37.0 Å². The highest BCUT2D eigenvalue weighted by atomic mass is 32.2. The quantitative estimate of drug-likeness (QED) is 0.517. The fourth-order valence-electron chi connectivity index (χ4n) is 4.34. The van der Waals surface area contributed by atoms with Crippen LogP contribution in [-0.4, -0.2) is 52.6 Å². The van der Waals surface area contributed by atoms with Gasteiger partial charge < -0.3 is 0 Å². The zero-order valence-electron chi connectivity index (χ0n) is 13.1. The van der Waals surface area contributed by atoms with Crippen LogP contribution in [-0.2, 0) is 24.1 Å². The molecule has 0 aromatic carbocycles. The summed E-state index contributed by atoms with van der Waals surface area (Å²) < 4.78 is 127. The molecule has 0 aromatic rings. The van der Waals surface area contributed by atoms with E-state index in [9.17, 15) is 43.2 Å². The molecule has 4 unspecified atom stereocenters. The summed E-state index contributed by atoms with van der Waals surface area (Å²) in [5, 5.41) is 0. The van der Waals surface area contributed by atoms with Crippen LogP contribution in [0.15, 0.2) is 0 Å². The van der Waals surface area contributed by atoms with Crippen molar-refractivity contribution >= 4 is 20.0 Å². The van der Waals surface area contributed by atoms with Gasteiger partial charge >= 0.3 is 12.4 Å². The van der Waals surface area contributed by atoms with E-state index in [2.05, 4.69) is 0 Å². The van der Waals surface area contributed by atoms with E-state index in [0.717, 1.165) is 6.26 Å². The van der Waals surface area contributed by atoms with Crippen molar-refractivity contribution in [2.75, 3.05) is 12.5 Å². The second kappa shape index (κ2) is 5.72. The van der Waals surface area contributed by atoms with Gasteiger partial charge in [0.15, 0.2) is 9.84 Å². The smallest absolute Gasteiger partial charge is 0.267 e. The molecular formula is C12H16F6O5S2. The van der Waals surface area contributed by atoms with Crippen molar-refractivity contribution in [1.82, 2.24) is 0 Å². The number of sulfone groups is 1. The monoisotopic (exact) mass is 418 g/mol. The lowest BCUT2D eigenvalue weighted by atomic mass is 9.77. The van der Waals surface area contributed by atoms with Gasteiger partial charge in [-0.1, -0.05) is 0 Å². The zero-order valence-corrected chi connectivity index (χ0v) is 14.7. The van der Waals surface area contributed by atoms with Crippen LogP contribution in [0.3, 0.4) is 0 Å². The maximum absolute atomic E-state index is 13.5. The zero-order chi connectivity index (χ0) is 19.6. The van der Waals surface area contributed by atoms with Gasteiger partial charge in [0.1, 0.15) is 0 Å². The second-order valence-electron chi connectivity index (χ2n) is 6.68. The first-order chi connectivity index (χ1) is 10.9. The minimum Gasteiger partial charge on any atom is -0.267 e. The van der Waals surface area contributed by atoms with Gasteiger partial charge in [0.2, 0.25) is 0 Å². The minimum atomic E-state index is -6.05. The number of rotatable bonds is 4. The summed E-state index contributed by atoms with van der Waals surface area (Å²) in [5.74, 6) is -4.36. The average Bonchev–Trinajstić information content (AvgIpc) is 2.80. The maximum atomic E-state index is 13.5. The van der Waals surface area contributed by atoms with E-state index >= 15 is 0 Å². The van der Waals surface area contributed by atoms with Crippen molar-refractivity contribution in [3.63, 3.8) is 0 Å². The number of alkyl halides is 6. The molecule has 25 heavy (non-hydrogen) atoms. The molecule has 0 spiro atoms. The van der Waals surface area contributed by atoms with Gasteiger partial charge in [-0.25, -0.2) is 8.42 Å². The van der Waals surface area contributed by atoms with Crippen LogP contribution in [0.1, 0.15) is 19.3 Å². The first-order valence-corrected chi connectivity index (χ1v) is 10.8. The van der Waals surface area contributed by atoms with Crippen LogP contribution in [0.5, 0.6) is 0 Å². The molecule has 2 saturated carbocycles. The van der Waals surface area contributed by atoms with Gasteiger partial charge in [-0.2, -0.15) is 34.8 Å². The molecule has 0 aromatic heterocycles. The number of fused-ring (bicyclic) bond motifs is 2. The number of hydrogen-bond acceptors (Lipinski definition) is 5. The van der Waals surface area contributed by atoms with Crippen LogP contribution in [0, 0.1) is 17.8 Å². The largest absolute Gasteiger partial charge is 0.417 e. The Balaban J connectivity index is 2.48. The molecule has 0 amide bonds. The number of halogens is 6. The average molecular weight is 418 g/mol. The Kier molecular flexibility index (Phi) is 4.74. The van der Waals surface area contributed by atoms with Gasteiger partial charge in [0.25, 0.3) is 14.9 Å². The first-order valence-electron chi connectivity index (χ1n) is 7.13. The Bertz CT molecular complexity index is 725. The van der Waals surface area contributed by atoms with Crippen molar-refractivity contribution in [2.45, 2.75) is 42.5 Å². The Hall–Kier alpha value is -0.560. The topological polar surface area (TPSA) is 77.5 Å². The van der Waals surface area contributed by atoms with Crippen molar-refractivity contribution in [3.05, 3.63) is 0 Å². The lowest BCUT2D eigenvalue weighted by Crippen LogP contribution is -2.67. The van der Waals surface area contributed by atoms with Crippen LogP contribution in [0.2, 0.25) is 0 Å². The fourth-order valence-corrected chi connectivity index (χ4v) is 6.70. The van der Waals surface area contributed by atoms with Crippen LogP contribution in [0.25, 0.3) is 0 Å². The SMILES string of the molecule is CS(=O)(=O)OC1CC2CC1CC2C(C(F)(F)F)(C(F)(F)F)S(C)(=O)=O. The normalized spacial score (nSPS) is 31.5. The summed E-state index contributed by atoms with van der Waals surface area (Å²) in [6, 6.07) is 0. The van der Waals surface area contributed by atoms with Gasteiger partial charge in [-0.3, -0.25) is 4.18 Å². The molecule has 2 rings (SSSR count). The fraction of sp³-hybridized carbons (Fsp3) is 1.00. The molecule has 13 heteroatoms. The lowest BCUT2D eigenvalue weighted by molar-refractivity contribution is -0.285. The third kappa shape index (κ3) is 3.27. The summed E-state index contributed by atoms with van der Waals surface area (Å²) in [4.78, 5) is 0. The van der Waals surface area contributed by atoms with E-state index in [1.165, 1.54) is 0 Å². The van der Waals surface area contributed by atoms with Crippen molar-refractivity contribution in [2.24, 2.45) is 17.8 Å². The Morgan fingerprint density at radius 1 is 0.800 bits per heavy atom. The molecular weight excluding hydrogens is 402 g/mol. The molecule has 2 fully saturated rings. The van der Waals surface area contributed by atoms with E-state index in [4.69, 9.17) is 4.18 Å². The highest BCUT2D eigenvalue weighted by Crippen LogP contribution is 2.63. The second-order valence-corrected chi connectivity index (χ2v) is 10.5. The molecule has 4 atom stereocenters. The van der Waals surface area contributed by atoms with Gasteiger partial charge in [0.05, 0.1) is 12.4 Å². The summed E-state index contributed by atoms with van der Waals surface area (Å²) in [5.41, 5.74) is 0. The predicted molar refractivity (Wildman–Crippen MR) is 73.7 cm³/mol. The molecule has 2 aliphatic carbocycles. The first kappa shape index (κ1) is 20.7. The van der Waals surface area contributed by atoms with E-state index in [1.807, 2.05) is 0 Å². The highest BCUT2D eigenvalue weighted by molar-refractivity contribution is 7.92. The third-order valence-corrected chi connectivity index (χ3v) is 7.57. The molecule has 0 heterocycles. The highest BCUT2D eigenvalue weighted by Gasteiger charge is 2.82. The summed E-state index contributed by atoms with van der Waals surface area (Å²) in [6.07, 6.45) is -13.7. The van der Waals surface area contributed by atoms with Gasteiger partial charge in [-0.15, -0.1) is 0 Å². The molecule has 0 saturated heterocycles. The third-order valence-electron chi connectivity index (χ3n) is 5.04. The van der Waals surface area contributed by atoms with Crippen molar-refractivity contribution in [1.29, 1.82) is 0 Å². The van der Waals surface area contributed by atoms with Crippen molar-refractivity contribution in [3.8, 4) is 0 Å². The standard InChI is InChI=1S/C12H16F6O5S2/c1-24(19,20)10(11(13,14)15,12(16,17)18)8-4-7-3-6(8)5-9(7)23-25(2,21)22/h6-9H,3-5H2,1-2H3. The Morgan fingerprint density at radius 3 is 1.56 bits per heavy atom. The Labute approximate surface area is 140 Å². The van der Waals surface area contributed by atoms with Crippen molar-refractivity contribution < 1.29 is 47.4 Å². The molecule has 2 aliphatic rings. The molecule has 148 valence electrons. The van der Waals surface area contributed by atoms with Crippen LogP contribution in [0.4, 0.5) is 26.3 Å². The molecule has 0 N–H and O–H groups in total. The maximum Gasteiger partial charge on any atom is 0.417 e. The Morgan fingerprint density at radius 2 is 1.28 bits per heavy atom. The molecule has 0 aliphatic heterocycles. The summed E-state index contributed by atoms with van der Waals surface area (Å²) in [7, 11) is -9.54.